The highest BCUT2D eigenvalue weighted by Gasteiger charge is 2.31. The Balaban J connectivity index is 2.04. The minimum Gasteiger partial charge on any atom is -0.355 e. The number of hydrogen-bond acceptors (Lipinski definition) is 4. The van der Waals surface area contributed by atoms with Gasteiger partial charge in [0.1, 0.15) is 5.82 Å². The fourth-order valence-electron chi connectivity index (χ4n) is 2.81. The van der Waals surface area contributed by atoms with E-state index in [-0.39, 0.29) is 0 Å². The molecule has 4 heteroatoms. The van der Waals surface area contributed by atoms with Crippen LogP contribution in [0.4, 0.5) is 5.82 Å². The van der Waals surface area contributed by atoms with Gasteiger partial charge in [0.15, 0.2) is 0 Å². The molecule has 1 aliphatic heterocycles. The molecule has 1 aromatic rings. The molecule has 0 atom stereocenters. The van der Waals surface area contributed by atoms with Crippen molar-refractivity contribution in [2.45, 2.75) is 46.1 Å². The van der Waals surface area contributed by atoms with Crippen LogP contribution in [-0.2, 0) is 6.54 Å². The van der Waals surface area contributed by atoms with Crippen LogP contribution in [0.2, 0.25) is 0 Å². The van der Waals surface area contributed by atoms with Crippen LogP contribution < -0.4 is 10.6 Å². The average molecular weight is 248 g/mol. The summed E-state index contributed by atoms with van der Waals surface area (Å²) in [7, 11) is 0. The molecule has 0 saturated carbocycles. The minimum atomic E-state index is 0.461. The third-order valence-electron chi connectivity index (χ3n) is 4.53. The van der Waals surface area contributed by atoms with E-state index in [2.05, 4.69) is 28.7 Å². The lowest BCUT2D eigenvalue weighted by molar-refractivity contribution is 0.199. The number of hydrogen-bond donors (Lipinski definition) is 1. The van der Waals surface area contributed by atoms with Gasteiger partial charge in [0.2, 0.25) is 0 Å². The van der Waals surface area contributed by atoms with Crippen LogP contribution >= 0.6 is 0 Å². The number of rotatable bonds is 4. The maximum Gasteiger partial charge on any atom is 0.147 e. The molecule has 0 unspecified atom stereocenters. The molecule has 2 N–H and O–H groups in total. The Morgan fingerprint density at radius 3 is 2.44 bits per heavy atom. The van der Waals surface area contributed by atoms with Crippen LogP contribution in [0.1, 0.15) is 45.2 Å². The molecule has 100 valence electrons. The van der Waals surface area contributed by atoms with E-state index in [1.807, 2.05) is 6.20 Å². The molecule has 2 heterocycles. The molecule has 2 rings (SSSR count). The van der Waals surface area contributed by atoms with Crippen molar-refractivity contribution in [3.8, 4) is 0 Å². The van der Waals surface area contributed by atoms with Gasteiger partial charge in [-0.1, -0.05) is 26.7 Å². The van der Waals surface area contributed by atoms with Gasteiger partial charge in [0.05, 0.1) is 11.9 Å². The zero-order chi connectivity index (χ0) is 13.0. The monoisotopic (exact) mass is 248 g/mol. The zero-order valence-electron chi connectivity index (χ0n) is 11.5. The molecule has 4 nitrogen and oxygen atoms in total. The first kappa shape index (κ1) is 13.3. The summed E-state index contributed by atoms with van der Waals surface area (Å²) in [5.41, 5.74) is 7.04. The summed E-state index contributed by atoms with van der Waals surface area (Å²) in [6.45, 7) is 7.26. The van der Waals surface area contributed by atoms with Crippen molar-refractivity contribution >= 4 is 5.82 Å². The Morgan fingerprint density at radius 2 is 1.89 bits per heavy atom. The SMILES string of the molecule is CCC1(CC)CCN(c2cncc(CN)n2)CC1. The molecule has 0 spiro atoms. The standard InChI is InChI=1S/C14H24N4/c1-3-14(4-2)5-7-18(8-6-14)13-11-16-10-12(9-15)17-13/h10-11H,3-9,15H2,1-2H3. The minimum absolute atomic E-state index is 0.461. The van der Waals surface area contributed by atoms with E-state index in [0.717, 1.165) is 24.6 Å². The van der Waals surface area contributed by atoms with Gasteiger partial charge in [-0.05, 0) is 18.3 Å². The number of anilines is 1. The van der Waals surface area contributed by atoms with Gasteiger partial charge in [-0.25, -0.2) is 4.98 Å². The molecule has 18 heavy (non-hydrogen) atoms. The predicted octanol–water partition coefficient (Wildman–Crippen LogP) is 2.34. The maximum absolute atomic E-state index is 5.61. The molecule has 1 aromatic heterocycles. The second kappa shape index (κ2) is 5.65. The van der Waals surface area contributed by atoms with Gasteiger partial charge in [-0.15, -0.1) is 0 Å². The van der Waals surface area contributed by atoms with Crippen molar-refractivity contribution in [2.75, 3.05) is 18.0 Å². The summed E-state index contributed by atoms with van der Waals surface area (Å²) >= 11 is 0. The Kier molecular flexibility index (Phi) is 4.17. The smallest absolute Gasteiger partial charge is 0.147 e. The largest absolute Gasteiger partial charge is 0.355 e. The molecule has 0 radical (unpaired) electrons. The molecule has 0 aromatic carbocycles. The first-order valence-electron chi connectivity index (χ1n) is 6.99. The van der Waals surface area contributed by atoms with Crippen LogP contribution in [0.15, 0.2) is 12.4 Å². The van der Waals surface area contributed by atoms with Crippen molar-refractivity contribution < 1.29 is 0 Å². The van der Waals surface area contributed by atoms with Gasteiger partial charge in [0, 0.05) is 25.8 Å². The third-order valence-corrected chi connectivity index (χ3v) is 4.53. The van der Waals surface area contributed by atoms with E-state index in [0.29, 0.717) is 12.0 Å². The quantitative estimate of drug-likeness (QED) is 0.888. The molecular formula is C14H24N4. The number of nitrogens with zero attached hydrogens (tertiary/aromatic N) is 3. The summed E-state index contributed by atoms with van der Waals surface area (Å²) < 4.78 is 0. The van der Waals surface area contributed by atoms with Crippen molar-refractivity contribution in [1.29, 1.82) is 0 Å². The van der Waals surface area contributed by atoms with Crippen LogP contribution in [0.5, 0.6) is 0 Å². The molecule has 1 aliphatic rings. The summed E-state index contributed by atoms with van der Waals surface area (Å²) in [5.74, 6) is 0.985. The Labute approximate surface area is 110 Å². The highest BCUT2D eigenvalue weighted by atomic mass is 15.2. The second-order valence-corrected chi connectivity index (χ2v) is 5.27. The molecule has 0 amide bonds. The lowest BCUT2D eigenvalue weighted by Gasteiger charge is -2.41. The summed E-state index contributed by atoms with van der Waals surface area (Å²) in [6, 6.07) is 0. The van der Waals surface area contributed by atoms with Gasteiger partial charge < -0.3 is 10.6 Å². The Hall–Kier alpha value is -1.16. The molecule has 1 saturated heterocycles. The number of aromatic nitrogens is 2. The first-order valence-corrected chi connectivity index (χ1v) is 6.99. The van der Waals surface area contributed by atoms with Crippen molar-refractivity contribution in [3.63, 3.8) is 0 Å². The van der Waals surface area contributed by atoms with Crippen molar-refractivity contribution in [3.05, 3.63) is 18.1 Å². The zero-order valence-corrected chi connectivity index (χ0v) is 11.5. The van der Waals surface area contributed by atoms with Crippen LogP contribution in [0, 0.1) is 5.41 Å². The molecule has 0 bridgehead atoms. The van der Waals surface area contributed by atoms with E-state index in [1.165, 1.54) is 25.7 Å². The summed E-state index contributed by atoms with van der Waals surface area (Å²) in [5, 5.41) is 0. The van der Waals surface area contributed by atoms with Crippen molar-refractivity contribution in [2.24, 2.45) is 11.1 Å². The van der Waals surface area contributed by atoms with E-state index in [1.54, 1.807) is 6.20 Å². The lowest BCUT2D eigenvalue weighted by Crippen LogP contribution is -2.40. The van der Waals surface area contributed by atoms with Gasteiger partial charge >= 0.3 is 0 Å². The number of nitrogens with two attached hydrogens (primary N) is 1. The van der Waals surface area contributed by atoms with E-state index in [9.17, 15) is 0 Å². The first-order chi connectivity index (χ1) is 8.73. The molecule has 1 fully saturated rings. The summed E-state index contributed by atoms with van der Waals surface area (Å²) in [6.07, 6.45) is 8.68. The Morgan fingerprint density at radius 1 is 1.22 bits per heavy atom. The van der Waals surface area contributed by atoms with E-state index < -0.39 is 0 Å². The fourth-order valence-corrected chi connectivity index (χ4v) is 2.81. The summed E-state index contributed by atoms with van der Waals surface area (Å²) in [4.78, 5) is 11.1. The highest BCUT2D eigenvalue weighted by molar-refractivity contribution is 5.37. The van der Waals surface area contributed by atoms with Gasteiger partial charge in [-0.3, -0.25) is 4.98 Å². The van der Waals surface area contributed by atoms with E-state index >= 15 is 0 Å². The lowest BCUT2D eigenvalue weighted by atomic mass is 9.74. The Bertz CT molecular complexity index is 377. The average Bonchev–Trinajstić information content (AvgIpc) is 2.47. The molecular weight excluding hydrogens is 224 g/mol. The van der Waals surface area contributed by atoms with Crippen LogP contribution in [0.3, 0.4) is 0 Å². The second-order valence-electron chi connectivity index (χ2n) is 5.27. The number of piperidine rings is 1. The van der Waals surface area contributed by atoms with E-state index in [4.69, 9.17) is 5.73 Å². The maximum atomic E-state index is 5.61. The highest BCUT2D eigenvalue weighted by Crippen LogP contribution is 2.38. The molecule has 0 aliphatic carbocycles. The third kappa shape index (κ3) is 2.64. The van der Waals surface area contributed by atoms with Crippen LogP contribution in [-0.4, -0.2) is 23.1 Å². The predicted molar refractivity (Wildman–Crippen MR) is 74.4 cm³/mol. The van der Waals surface area contributed by atoms with Crippen LogP contribution in [0.25, 0.3) is 0 Å². The van der Waals surface area contributed by atoms with Gasteiger partial charge in [-0.2, -0.15) is 0 Å². The fraction of sp³-hybridized carbons (Fsp3) is 0.714. The van der Waals surface area contributed by atoms with Crippen molar-refractivity contribution in [1.82, 2.24) is 9.97 Å². The van der Waals surface area contributed by atoms with Gasteiger partial charge in [0.25, 0.3) is 0 Å². The normalized spacial score (nSPS) is 18.9. The topological polar surface area (TPSA) is 55.0 Å².